The number of nitro groups is 1. The Kier molecular flexibility index (Phi) is 8.53. The average molecular weight is 588 g/mol. The number of nitrogens with zero attached hydrogens (tertiary/aromatic N) is 2. The van der Waals surface area contributed by atoms with E-state index in [0.717, 1.165) is 17.5 Å². The van der Waals surface area contributed by atoms with E-state index < -0.39 is 43.5 Å². The first kappa shape index (κ1) is 29.9. The third-order valence-electron chi connectivity index (χ3n) is 8.52. The lowest BCUT2D eigenvalue weighted by Crippen LogP contribution is -2.49. The van der Waals surface area contributed by atoms with Crippen LogP contribution in [0.2, 0.25) is 0 Å². The number of hydrogen-bond donors (Lipinski definition) is 2. The Bertz CT molecular complexity index is 1450. The van der Waals surface area contributed by atoms with Crippen molar-refractivity contribution in [3.05, 3.63) is 64.2 Å². The Morgan fingerprint density at radius 2 is 1.93 bits per heavy atom. The van der Waals surface area contributed by atoms with Gasteiger partial charge in [0.1, 0.15) is 16.9 Å². The molecule has 0 aliphatic heterocycles. The van der Waals surface area contributed by atoms with Crippen LogP contribution in [0.5, 0.6) is 0 Å². The molecule has 0 spiro atoms. The SMILES string of the molecule is CSC(C[N+](=O)[O-])=Nc1cccc(-c2ccc(C[C@H](NS(=O)(=O)CC34CC[C@@H](CC3=O)C4(C)C)C(=O)O)cc2)c1. The summed E-state index contributed by atoms with van der Waals surface area (Å²) < 4.78 is 28.7. The summed E-state index contributed by atoms with van der Waals surface area (Å²) in [4.78, 5) is 39.6. The third-order valence-corrected chi connectivity index (χ3v) is 10.7. The molecule has 2 N–H and O–H groups in total. The van der Waals surface area contributed by atoms with Crippen molar-refractivity contribution >= 4 is 44.3 Å². The number of sulfonamides is 1. The van der Waals surface area contributed by atoms with Gasteiger partial charge in [0, 0.05) is 16.8 Å². The normalized spacial score (nSPS) is 22.8. The molecule has 2 saturated carbocycles. The molecule has 2 aliphatic carbocycles. The minimum Gasteiger partial charge on any atom is -0.480 e. The highest BCUT2D eigenvalue weighted by molar-refractivity contribution is 8.13. The molecular weight excluding hydrogens is 554 g/mol. The van der Waals surface area contributed by atoms with Gasteiger partial charge in [0.2, 0.25) is 10.0 Å². The number of benzene rings is 2. The number of hydrogen-bond acceptors (Lipinski definition) is 8. The van der Waals surface area contributed by atoms with Crippen LogP contribution in [0.4, 0.5) is 5.69 Å². The molecule has 2 fully saturated rings. The van der Waals surface area contributed by atoms with E-state index in [0.29, 0.717) is 29.1 Å². The van der Waals surface area contributed by atoms with E-state index in [4.69, 9.17) is 0 Å². The number of thioether (sulfide) groups is 1. The molecule has 1 unspecified atom stereocenters. The maximum Gasteiger partial charge on any atom is 0.322 e. The smallest absolute Gasteiger partial charge is 0.322 e. The Morgan fingerprint density at radius 3 is 2.48 bits per heavy atom. The van der Waals surface area contributed by atoms with E-state index in [9.17, 15) is 33.2 Å². The van der Waals surface area contributed by atoms with Crippen LogP contribution in [0, 0.1) is 26.9 Å². The average Bonchev–Trinajstić information content (AvgIpc) is 3.22. The van der Waals surface area contributed by atoms with Gasteiger partial charge in [-0.05, 0) is 65.7 Å². The minimum atomic E-state index is -4.06. The second kappa shape index (κ2) is 11.4. The standard InChI is InChI=1S/C28H33N3O7S2/c1-27(2)21-11-12-28(27,24(32)15-21)17-40(37,38)30-23(26(33)34)13-18-7-9-19(10-8-18)20-5-4-6-22(14-20)29-25(39-3)16-31(35)36/h4-10,14,21,23,30H,11-13,15-17H2,1-3H3,(H,33,34)/t21-,23-,28?/m0/s1. The van der Waals surface area contributed by atoms with Crippen LogP contribution in [0.3, 0.4) is 0 Å². The number of aliphatic imine (C=N–C) groups is 1. The number of aliphatic carboxylic acids is 1. The van der Waals surface area contributed by atoms with Gasteiger partial charge in [0.05, 0.1) is 11.4 Å². The maximum absolute atomic E-state index is 13.2. The third kappa shape index (κ3) is 6.13. The number of carbonyl (C=O) groups excluding carboxylic acids is 1. The second-order valence-electron chi connectivity index (χ2n) is 11.1. The molecule has 4 rings (SSSR count). The summed E-state index contributed by atoms with van der Waals surface area (Å²) in [6.45, 7) is 3.53. The maximum atomic E-state index is 13.2. The van der Waals surface area contributed by atoms with E-state index in [1.54, 1.807) is 48.7 Å². The van der Waals surface area contributed by atoms with E-state index in [-0.39, 0.29) is 24.7 Å². The number of Topliss-reactive ketones (excluding diaryl/α,β-unsaturated/α-hetero) is 1. The molecule has 0 amide bonds. The van der Waals surface area contributed by atoms with Crippen molar-refractivity contribution in [2.45, 2.75) is 45.6 Å². The number of nitrogens with one attached hydrogen (secondary N) is 1. The highest BCUT2D eigenvalue weighted by Gasteiger charge is 2.65. The van der Waals surface area contributed by atoms with Crippen molar-refractivity contribution in [2.24, 2.45) is 21.7 Å². The molecule has 0 heterocycles. The van der Waals surface area contributed by atoms with E-state index in [1.807, 2.05) is 19.9 Å². The minimum absolute atomic E-state index is 0.0428. The number of carboxylic acids is 1. The van der Waals surface area contributed by atoms with Crippen LogP contribution >= 0.6 is 11.8 Å². The summed E-state index contributed by atoms with van der Waals surface area (Å²) in [7, 11) is -4.06. The molecule has 2 bridgehead atoms. The van der Waals surface area contributed by atoms with Crippen LogP contribution in [0.1, 0.15) is 38.7 Å². The summed E-state index contributed by atoms with van der Waals surface area (Å²) in [6.07, 6.45) is 3.35. The first-order valence-corrected chi connectivity index (χ1v) is 15.8. The van der Waals surface area contributed by atoms with Crippen LogP contribution in [0.15, 0.2) is 53.5 Å². The lowest BCUT2D eigenvalue weighted by atomic mass is 9.70. The summed E-state index contributed by atoms with van der Waals surface area (Å²) >= 11 is 1.21. The fourth-order valence-electron chi connectivity index (χ4n) is 6.09. The van der Waals surface area contributed by atoms with Gasteiger partial charge in [-0.25, -0.2) is 18.1 Å². The Morgan fingerprint density at radius 1 is 1.23 bits per heavy atom. The first-order chi connectivity index (χ1) is 18.8. The van der Waals surface area contributed by atoms with Crippen molar-refractivity contribution < 1.29 is 28.0 Å². The quantitative estimate of drug-likeness (QED) is 0.170. The van der Waals surface area contributed by atoms with Crippen molar-refractivity contribution in [2.75, 3.05) is 18.6 Å². The summed E-state index contributed by atoms with van der Waals surface area (Å²) in [5.74, 6) is -1.58. The molecule has 0 radical (unpaired) electrons. The van der Waals surface area contributed by atoms with Crippen LogP contribution in [-0.4, -0.2) is 59.8 Å². The number of fused-ring (bicyclic) bond motifs is 2. The molecule has 40 heavy (non-hydrogen) atoms. The van der Waals surface area contributed by atoms with Crippen molar-refractivity contribution in [1.82, 2.24) is 4.72 Å². The van der Waals surface area contributed by atoms with E-state index in [1.165, 1.54) is 11.8 Å². The highest BCUT2D eigenvalue weighted by atomic mass is 32.2. The topological polar surface area (TPSA) is 156 Å². The highest BCUT2D eigenvalue weighted by Crippen LogP contribution is 2.64. The van der Waals surface area contributed by atoms with Gasteiger partial charge in [-0.2, -0.15) is 0 Å². The number of rotatable bonds is 11. The largest absolute Gasteiger partial charge is 0.480 e. The second-order valence-corrected chi connectivity index (χ2v) is 13.7. The van der Waals surface area contributed by atoms with Crippen LogP contribution in [-0.2, 0) is 26.0 Å². The van der Waals surface area contributed by atoms with Gasteiger partial charge in [0.25, 0.3) is 6.54 Å². The summed E-state index contributed by atoms with van der Waals surface area (Å²) in [5.41, 5.74) is 1.42. The van der Waals surface area contributed by atoms with Gasteiger partial charge in [0.15, 0.2) is 0 Å². The van der Waals surface area contributed by atoms with Crippen molar-refractivity contribution in [1.29, 1.82) is 0 Å². The molecule has 3 atom stereocenters. The van der Waals surface area contributed by atoms with E-state index >= 15 is 0 Å². The Hall–Kier alpha value is -3.09. The molecule has 2 aliphatic rings. The Balaban J connectivity index is 1.47. The van der Waals surface area contributed by atoms with Gasteiger partial charge in [-0.1, -0.05) is 50.2 Å². The molecule has 0 saturated heterocycles. The Labute approximate surface area is 237 Å². The van der Waals surface area contributed by atoms with Crippen LogP contribution < -0.4 is 4.72 Å². The fourth-order valence-corrected chi connectivity index (χ4v) is 8.55. The molecule has 2 aromatic rings. The zero-order valence-corrected chi connectivity index (χ0v) is 24.3. The van der Waals surface area contributed by atoms with Crippen molar-refractivity contribution in [3.63, 3.8) is 0 Å². The van der Waals surface area contributed by atoms with Gasteiger partial charge < -0.3 is 5.11 Å². The molecule has 10 nitrogen and oxygen atoms in total. The summed E-state index contributed by atoms with van der Waals surface area (Å²) in [6, 6.07) is 12.9. The number of ketones is 1. The fraction of sp³-hybridized carbons (Fsp3) is 0.464. The van der Waals surface area contributed by atoms with Crippen LogP contribution in [0.25, 0.3) is 11.1 Å². The van der Waals surface area contributed by atoms with Crippen molar-refractivity contribution in [3.8, 4) is 11.1 Å². The zero-order valence-electron chi connectivity index (χ0n) is 22.6. The predicted octanol–water partition coefficient (Wildman–Crippen LogP) is 4.33. The van der Waals surface area contributed by atoms with Gasteiger partial charge in [-0.15, -0.1) is 11.8 Å². The molecule has 12 heteroatoms. The van der Waals surface area contributed by atoms with Gasteiger partial charge in [-0.3, -0.25) is 19.7 Å². The number of carboxylic acid groups (broad SMARTS) is 1. The lowest BCUT2D eigenvalue weighted by Gasteiger charge is -2.36. The molecule has 2 aromatic carbocycles. The summed E-state index contributed by atoms with van der Waals surface area (Å²) in [5, 5.41) is 21.0. The first-order valence-electron chi connectivity index (χ1n) is 13.0. The molecular formula is C28H33N3O7S2. The zero-order chi connectivity index (χ0) is 29.3. The monoisotopic (exact) mass is 587 g/mol. The lowest BCUT2D eigenvalue weighted by molar-refractivity contribution is -0.462. The number of carbonyl (C=O) groups is 2. The predicted molar refractivity (Wildman–Crippen MR) is 155 cm³/mol. The molecule has 0 aromatic heterocycles. The van der Waals surface area contributed by atoms with Gasteiger partial charge >= 0.3 is 5.97 Å². The van der Waals surface area contributed by atoms with E-state index in [2.05, 4.69) is 9.71 Å². The molecule has 214 valence electrons.